The Kier molecular flexibility index (Phi) is 5.73. The summed E-state index contributed by atoms with van der Waals surface area (Å²) in [6.45, 7) is 0. The molecule has 0 unspecified atom stereocenters. The summed E-state index contributed by atoms with van der Waals surface area (Å²) in [7, 11) is 0. The molecule has 24 heavy (non-hydrogen) atoms. The highest BCUT2D eigenvalue weighted by molar-refractivity contribution is 8.01. The van der Waals surface area contributed by atoms with Gasteiger partial charge in [-0.1, -0.05) is 41.0 Å². The van der Waals surface area contributed by atoms with Crippen molar-refractivity contribution in [2.24, 2.45) is 0 Å². The van der Waals surface area contributed by atoms with Gasteiger partial charge in [0.2, 0.25) is 5.91 Å². The first-order valence-corrected chi connectivity index (χ1v) is 9.48. The fourth-order valence-corrected chi connectivity index (χ4v) is 4.02. The lowest BCUT2D eigenvalue weighted by atomic mass is 10.2. The van der Waals surface area contributed by atoms with E-state index in [9.17, 15) is 4.79 Å². The van der Waals surface area contributed by atoms with Gasteiger partial charge in [-0.05, 0) is 30.3 Å². The molecule has 3 rings (SSSR count). The number of rotatable bonds is 5. The number of hydrogen-bond donors (Lipinski definition) is 1. The highest BCUT2D eigenvalue weighted by atomic mass is 35.5. The van der Waals surface area contributed by atoms with Crippen molar-refractivity contribution in [2.75, 3.05) is 11.1 Å². The zero-order valence-electron chi connectivity index (χ0n) is 12.2. The second kappa shape index (κ2) is 7.98. The highest BCUT2D eigenvalue weighted by Gasteiger charge is 2.11. The van der Waals surface area contributed by atoms with Gasteiger partial charge in [-0.3, -0.25) is 4.79 Å². The third kappa shape index (κ3) is 4.48. The average Bonchev–Trinajstić information content (AvgIpc) is 3.02. The molecule has 0 aliphatic carbocycles. The number of nitrogens with one attached hydrogen (secondary N) is 1. The fourth-order valence-electron chi connectivity index (χ4n) is 1.89. The maximum atomic E-state index is 11.9. The van der Waals surface area contributed by atoms with Crippen LogP contribution in [0.1, 0.15) is 0 Å². The molecule has 0 bridgehead atoms. The highest BCUT2D eigenvalue weighted by Crippen LogP contribution is 2.33. The maximum absolute atomic E-state index is 11.9. The lowest BCUT2D eigenvalue weighted by molar-refractivity contribution is -0.113. The SMILES string of the molecule is O=C(CSc1nc(-c2ccc(Cl)cc2Cl)cs1)Nc1ccccn1. The number of amides is 1. The molecule has 0 spiro atoms. The Morgan fingerprint density at radius 3 is 2.88 bits per heavy atom. The van der Waals surface area contributed by atoms with Gasteiger partial charge >= 0.3 is 0 Å². The summed E-state index contributed by atoms with van der Waals surface area (Å²) in [6, 6.07) is 10.6. The van der Waals surface area contributed by atoms with E-state index in [0.717, 1.165) is 15.6 Å². The van der Waals surface area contributed by atoms with Crippen molar-refractivity contribution in [1.29, 1.82) is 0 Å². The van der Waals surface area contributed by atoms with E-state index in [1.54, 1.807) is 30.5 Å². The van der Waals surface area contributed by atoms with Crippen LogP contribution < -0.4 is 5.32 Å². The van der Waals surface area contributed by atoms with E-state index >= 15 is 0 Å². The summed E-state index contributed by atoms with van der Waals surface area (Å²) < 4.78 is 0.798. The Hall–Kier alpha value is -1.60. The molecule has 122 valence electrons. The molecule has 8 heteroatoms. The van der Waals surface area contributed by atoms with Gasteiger partial charge in [-0.2, -0.15) is 0 Å². The molecule has 0 saturated carbocycles. The number of pyridine rings is 1. The predicted octanol–water partition coefficient (Wildman–Crippen LogP) is 5.24. The number of anilines is 1. The van der Waals surface area contributed by atoms with Crippen LogP contribution in [0.2, 0.25) is 10.0 Å². The van der Waals surface area contributed by atoms with Gasteiger partial charge in [0.1, 0.15) is 5.82 Å². The van der Waals surface area contributed by atoms with Crippen molar-refractivity contribution in [2.45, 2.75) is 4.34 Å². The van der Waals surface area contributed by atoms with Crippen molar-refractivity contribution >= 4 is 58.0 Å². The summed E-state index contributed by atoms with van der Waals surface area (Å²) in [5.74, 6) is 0.675. The van der Waals surface area contributed by atoms with Crippen LogP contribution >= 0.6 is 46.3 Å². The van der Waals surface area contributed by atoms with Crippen molar-refractivity contribution < 1.29 is 4.79 Å². The number of halogens is 2. The zero-order valence-corrected chi connectivity index (χ0v) is 15.3. The summed E-state index contributed by atoms with van der Waals surface area (Å²) >= 11 is 14.9. The molecule has 4 nitrogen and oxygen atoms in total. The Morgan fingerprint density at radius 1 is 1.25 bits per heavy atom. The minimum atomic E-state index is -0.125. The molecule has 1 amide bonds. The number of thioether (sulfide) groups is 1. The molecule has 0 fully saturated rings. The van der Waals surface area contributed by atoms with Gasteiger partial charge in [0.05, 0.1) is 16.5 Å². The van der Waals surface area contributed by atoms with Gasteiger partial charge in [0.15, 0.2) is 4.34 Å². The van der Waals surface area contributed by atoms with E-state index in [0.29, 0.717) is 15.9 Å². The van der Waals surface area contributed by atoms with E-state index in [4.69, 9.17) is 23.2 Å². The van der Waals surface area contributed by atoms with Crippen molar-refractivity contribution in [1.82, 2.24) is 9.97 Å². The molecule has 2 heterocycles. The molecule has 0 aliphatic rings. The number of nitrogens with zero attached hydrogens (tertiary/aromatic N) is 2. The molecule has 3 aromatic rings. The summed E-state index contributed by atoms with van der Waals surface area (Å²) in [4.78, 5) is 20.5. The summed E-state index contributed by atoms with van der Waals surface area (Å²) in [6.07, 6.45) is 1.63. The standard InChI is InChI=1S/C16H11Cl2N3OS2/c17-10-4-5-11(12(18)7-10)13-8-23-16(20-13)24-9-15(22)21-14-3-1-2-6-19-14/h1-8H,9H2,(H,19,21,22). The van der Waals surface area contributed by atoms with Gasteiger partial charge in [-0.15, -0.1) is 11.3 Å². The molecule has 0 atom stereocenters. The number of thiazole rings is 1. The number of hydrogen-bond acceptors (Lipinski definition) is 5. The van der Waals surface area contributed by atoms with Crippen LogP contribution in [0, 0.1) is 0 Å². The first-order chi connectivity index (χ1) is 11.6. The molecular weight excluding hydrogens is 385 g/mol. The van der Waals surface area contributed by atoms with Crippen molar-refractivity contribution in [3.63, 3.8) is 0 Å². The third-order valence-electron chi connectivity index (χ3n) is 2.95. The first-order valence-electron chi connectivity index (χ1n) is 6.86. The first kappa shape index (κ1) is 17.2. The van der Waals surface area contributed by atoms with Gasteiger partial charge in [0, 0.05) is 22.2 Å². The lowest BCUT2D eigenvalue weighted by Crippen LogP contribution is -2.14. The molecule has 0 radical (unpaired) electrons. The number of benzene rings is 1. The largest absolute Gasteiger partial charge is 0.310 e. The number of carbonyl (C=O) groups is 1. The Balaban J connectivity index is 1.61. The van der Waals surface area contributed by atoms with Gasteiger partial charge in [0.25, 0.3) is 0 Å². The Labute approximate surface area is 157 Å². The minimum Gasteiger partial charge on any atom is -0.310 e. The van der Waals surface area contributed by atoms with Crippen LogP contribution in [0.4, 0.5) is 5.82 Å². The van der Waals surface area contributed by atoms with E-state index in [2.05, 4.69) is 15.3 Å². The van der Waals surface area contributed by atoms with Crippen LogP contribution in [-0.2, 0) is 4.79 Å². The third-order valence-corrected chi connectivity index (χ3v) is 5.52. The summed E-state index contributed by atoms with van der Waals surface area (Å²) in [5, 5.41) is 5.78. The predicted molar refractivity (Wildman–Crippen MR) is 101 cm³/mol. The van der Waals surface area contributed by atoms with Crippen LogP contribution in [0.25, 0.3) is 11.3 Å². The van der Waals surface area contributed by atoms with Crippen LogP contribution in [0.5, 0.6) is 0 Å². The monoisotopic (exact) mass is 395 g/mol. The molecule has 1 N–H and O–H groups in total. The summed E-state index contributed by atoms with van der Waals surface area (Å²) in [5.41, 5.74) is 1.59. The molecule has 1 aromatic carbocycles. The molecule has 0 aliphatic heterocycles. The van der Waals surface area contributed by atoms with Crippen LogP contribution in [0.3, 0.4) is 0 Å². The van der Waals surface area contributed by atoms with E-state index < -0.39 is 0 Å². The average molecular weight is 396 g/mol. The Morgan fingerprint density at radius 2 is 2.12 bits per heavy atom. The lowest BCUT2D eigenvalue weighted by Gasteiger charge is -2.02. The Bertz CT molecular complexity index is 856. The molecule has 2 aromatic heterocycles. The van der Waals surface area contributed by atoms with E-state index in [1.807, 2.05) is 17.5 Å². The van der Waals surface area contributed by atoms with Gasteiger partial charge in [-0.25, -0.2) is 9.97 Å². The number of carbonyl (C=O) groups excluding carboxylic acids is 1. The minimum absolute atomic E-state index is 0.125. The smallest absolute Gasteiger partial charge is 0.235 e. The van der Waals surface area contributed by atoms with Crippen LogP contribution in [-0.4, -0.2) is 21.6 Å². The van der Waals surface area contributed by atoms with E-state index in [-0.39, 0.29) is 11.7 Å². The second-order valence-corrected chi connectivity index (χ2v) is 7.60. The van der Waals surface area contributed by atoms with E-state index in [1.165, 1.54) is 23.1 Å². The van der Waals surface area contributed by atoms with Crippen molar-refractivity contribution in [3.8, 4) is 11.3 Å². The normalized spacial score (nSPS) is 10.6. The second-order valence-electron chi connectivity index (χ2n) is 4.67. The fraction of sp³-hybridized carbons (Fsp3) is 0.0625. The van der Waals surface area contributed by atoms with Crippen molar-refractivity contribution in [3.05, 3.63) is 58.0 Å². The quantitative estimate of drug-likeness (QED) is 0.599. The van der Waals surface area contributed by atoms with Gasteiger partial charge < -0.3 is 5.32 Å². The maximum Gasteiger partial charge on any atom is 0.235 e. The zero-order chi connectivity index (χ0) is 16.9. The molecular formula is C16H11Cl2N3OS2. The topological polar surface area (TPSA) is 54.9 Å². The van der Waals surface area contributed by atoms with Crippen LogP contribution in [0.15, 0.2) is 52.3 Å². The molecule has 0 saturated heterocycles. The number of aromatic nitrogens is 2.